The van der Waals surface area contributed by atoms with E-state index in [-0.39, 0.29) is 0 Å². The smallest absolute Gasteiger partial charge is 0.174 e. The average molecular weight is 295 g/mol. The molecular weight excluding hydrogens is 286 g/mol. The van der Waals surface area contributed by atoms with Crippen LogP contribution in [0.25, 0.3) is 10.8 Å². The van der Waals surface area contributed by atoms with Crippen molar-refractivity contribution in [1.29, 1.82) is 0 Å². The lowest BCUT2D eigenvalue weighted by molar-refractivity contribution is 0.548. The monoisotopic (exact) mass is 295 g/mol. The van der Waals surface area contributed by atoms with Crippen LogP contribution >= 0.6 is 34.4 Å². The van der Waals surface area contributed by atoms with Gasteiger partial charge in [0.1, 0.15) is 11.3 Å². The van der Waals surface area contributed by atoms with Gasteiger partial charge in [-0.25, -0.2) is 4.98 Å². The molecule has 7 heteroatoms. The van der Waals surface area contributed by atoms with Gasteiger partial charge in [0, 0.05) is 11.1 Å². The second-order valence-corrected chi connectivity index (χ2v) is 6.46. The third-order valence-electron chi connectivity index (χ3n) is 2.19. The number of thioether (sulfide) groups is 1. The van der Waals surface area contributed by atoms with E-state index < -0.39 is 0 Å². The van der Waals surface area contributed by atoms with Gasteiger partial charge in [-0.2, -0.15) is 0 Å². The average Bonchev–Trinajstić information content (AvgIpc) is 3.07. The molecule has 3 rings (SSSR count). The topological polar surface area (TPSA) is 51.8 Å². The minimum Gasteiger partial charge on any atom is -0.459 e. The predicted octanol–water partition coefficient (Wildman–Crippen LogP) is 3.86. The van der Waals surface area contributed by atoms with Gasteiger partial charge in [0.25, 0.3) is 0 Å². The van der Waals surface area contributed by atoms with Crippen molar-refractivity contribution in [2.75, 3.05) is 0 Å². The molecule has 92 valence electrons. The number of nitrogens with zero attached hydrogens (tertiary/aromatic N) is 3. The molecule has 0 spiro atoms. The Balaban J connectivity index is 1.70. The lowest BCUT2D eigenvalue weighted by atomic mass is 10.4. The van der Waals surface area contributed by atoms with Crippen molar-refractivity contribution >= 4 is 34.4 Å². The summed E-state index contributed by atoms with van der Waals surface area (Å²) in [6.45, 7) is 1.93. The first-order chi connectivity index (χ1) is 8.81. The molecule has 3 heterocycles. The van der Waals surface area contributed by atoms with Gasteiger partial charge < -0.3 is 4.42 Å². The zero-order valence-electron chi connectivity index (χ0n) is 9.49. The largest absolute Gasteiger partial charge is 0.459 e. The highest BCUT2D eigenvalue weighted by Crippen LogP contribution is 2.29. The summed E-state index contributed by atoms with van der Waals surface area (Å²) < 4.78 is 6.52. The van der Waals surface area contributed by atoms with Crippen molar-refractivity contribution in [1.82, 2.24) is 15.2 Å². The van der Waals surface area contributed by atoms with Gasteiger partial charge >= 0.3 is 0 Å². The third kappa shape index (κ3) is 2.63. The molecule has 3 aromatic heterocycles. The number of aryl methyl sites for hydroxylation is 1. The highest BCUT2D eigenvalue weighted by molar-refractivity contribution is 8.00. The first-order valence-corrected chi connectivity index (χ1v) is 7.96. The van der Waals surface area contributed by atoms with Crippen LogP contribution in [0, 0.1) is 6.92 Å². The van der Waals surface area contributed by atoms with Gasteiger partial charge in [-0.3, -0.25) is 0 Å². The molecule has 0 radical (unpaired) electrons. The molecule has 0 saturated carbocycles. The van der Waals surface area contributed by atoms with Crippen molar-refractivity contribution in [2.24, 2.45) is 0 Å². The summed E-state index contributed by atoms with van der Waals surface area (Å²) in [5.41, 5.74) is 2.78. The van der Waals surface area contributed by atoms with E-state index in [1.165, 1.54) is 0 Å². The normalized spacial score (nSPS) is 10.9. The lowest BCUT2D eigenvalue weighted by Crippen LogP contribution is -1.81. The summed E-state index contributed by atoms with van der Waals surface area (Å²) in [5.74, 6) is 2.56. The van der Waals surface area contributed by atoms with E-state index in [1.807, 2.05) is 19.1 Å². The van der Waals surface area contributed by atoms with Crippen LogP contribution in [0.5, 0.6) is 0 Å². The number of furan rings is 1. The summed E-state index contributed by atoms with van der Waals surface area (Å²) in [5, 5.41) is 10.8. The van der Waals surface area contributed by atoms with Crippen molar-refractivity contribution in [2.45, 2.75) is 17.0 Å². The van der Waals surface area contributed by atoms with Gasteiger partial charge in [0.15, 0.2) is 15.1 Å². The molecule has 0 aliphatic carbocycles. The van der Waals surface area contributed by atoms with Crippen LogP contribution < -0.4 is 0 Å². The Kier molecular flexibility index (Phi) is 3.44. The van der Waals surface area contributed by atoms with Gasteiger partial charge in [-0.1, -0.05) is 23.1 Å². The number of hydrogen-bond acceptors (Lipinski definition) is 7. The Labute approximate surface area is 116 Å². The molecule has 0 saturated heterocycles. The summed E-state index contributed by atoms with van der Waals surface area (Å²) >= 11 is 4.80. The minimum atomic E-state index is 0.811. The maximum Gasteiger partial charge on any atom is 0.174 e. The van der Waals surface area contributed by atoms with Crippen LogP contribution in [-0.2, 0) is 5.75 Å². The highest BCUT2D eigenvalue weighted by Gasteiger charge is 2.09. The standard InChI is InChI=1S/C11H9N3OS3/c1-7-2-3-9(15-7)10-13-8(4-16-10)5-17-11-14-12-6-18-11/h2-4,6H,5H2,1H3. The molecule has 0 aromatic carbocycles. The minimum absolute atomic E-state index is 0.811. The van der Waals surface area contributed by atoms with Crippen molar-refractivity contribution in [3.8, 4) is 10.8 Å². The van der Waals surface area contributed by atoms with Crippen molar-refractivity contribution in [3.63, 3.8) is 0 Å². The Bertz CT molecular complexity index is 630. The van der Waals surface area contributed by atoms with Gasteiger partial charge in [0.2, 0.25) is 0 Å². The molecule has 4 nitrogen and oxygen atoms in total. The fourth-order valence-corrected chi connectivity index (χ4v) is 3.66. The highest BCUT2D eigenvalue weighted by atomic mass is 32.2. The summed E-state index contributed by atoms with van der Waals surface area (Å²) in [6, 6.07) is 3.90. The van der Waals surface area contributed by atoms with Crippen LogP contribution in [0.15, 0.2) is 31.8 Å². The molecule has 0 amide bonds. The summed E-state index contributed by atoms with van der Waals surface area (Å²) in [7, 11) is 0. The SMILES string of the molecule is Cc1ccc(-c2nc(CSc3nncs3)cs2)o1. The summed E-state index contributed by atoms with van der Waals surface area (Å²) in [6.07, 6.45) is 0. The molecular formula is C11H9N3OS3. The fraction of sp³-hybridized carbons (Fsp3) is 0.182. The molecule has 0 atom stereocenters. The van der Waals surface area contributed by atoms with Gasteiger partial charge in [0.05, 0.1) is 5.69 Å². The van der Waals surface area contributed by atoms with Crippen LogP contribution in [0.2, 0.25) is 0 Å². The van der Waals surface area contributed by atoms with E-state index in [1.54, 1.807) is 39.9 Å². The molecule has 0 unspecified atom stereocenters. The second kappa shape index (κ2) is 5.21. The first-order valence-electron chi connectivity index (χ1n) is 5.21. The first kappa shape index (κ1) is 11.9. The van der Waals surface area contributed by atoms with Crippen molar-refractivity contribution < 1.29 is 4.42 Å². The molecule has 0 bridgehead atoms. The van der Waals surface area contributed by atoms with E-state index in [2.05, 4.69) is 20.6 Å². The Morgan fingerprint density at radius 3 is 3.00 bits per heavy atom. The molecule has 0 N–H and O–H groups in total. The predicted molar refractivity (Wildman–Crippen MR) is 74.0 cm³/mol. The molecule has 0 aliphatic heterocycles. The Hall–Kier alpha value is -1.18. The van der Waals surface area contributed by atoms with Gasteiger partial charge in [-0.15, -0.1) is 21.5 Å². The van der Waals surface area contributed by atoms with Crippen LogP contribution in [0.4, 0.5) is 0 Å². The maximum atomic E-state index is 5.55. The fourth-order valence-electron chi connectivity index (χ4n) is 1.40. The lowest BCUT2D eigenvalue weighted by Gasteiger charge is -1.92. The molecule has 0 fully saturated rings. The molecule has 18 heavy (non-hydrogen) atoms. The maximum absolute atomic E-state index is 5.55. The number of rotatable bonds is 4. The van der Waals surface area contributed by atoms with E-state index in [4.69, 9.17) is 4.42 Å². The zero-order valence-corrected chi connectivity index (χ0v) is 11.9. The van der Waals surface area contributed by atoms with E-state index in [0.717, 1.165) is 32.3 Å². The number of hydrogen-bond donors (Lipinski definition) is 0. The Morgan fingerprint density at radius 2 is 2.28 bits per heavy atom. The third-order valence-corrected chi connectivity index (χ3v) is 4.99. The van der Waals surface area contributed by atoms with Crippen molar-refractivity contribution in [3.05, 3.63) is 34.5 Å². The second-order valence-electron chi connectivity index (χ2n) is 3.55. The van der Waals surface area contributed by atoms with Crippen LogP contribution in [0.1, 0.15) is 11.5 Å². The quantitative estimate of drug-likeness (QED) is 0.684. The number of aromatic nitrogens is 3. The van der Waals surface area contributed by atoms with E-state index >= 15 is 0 Å². The van der Waals surface area contributed by atoms with Gasteiger partial charge in [-0.05, 0) is 19.1 Å². The number of thiazole rings is 1. The van der Waals surface area contributed by atoms with Crippen LogP contribution in [-0.4, -0.2) is 15.2 Å². The molecule has 3 aromatic rings. The summed E-state index contributed by atoms with van der Waals surface area (Å²) in [4.78, 5) is 4.55. The molecule has 0 aliphatic rings. The van der Waals surface area contributed by atoms with Crippen LogP contribution in [0.3, 0.4) is 0 Å². The Morgan fingerprint density at radius 1 is 1.33 bits per heavy atom. The van der Waals surface area contributed by atoms with E-state index in [0.29, 0.717) is 0 Å². The van der Waals surface area contributed by atoms with E-state index in [9.17, 15) is 0 Å². The zero-order chi connectivity index (χ0) is 12.4.